The zero-order valence-corrected chi connectivity index (χ0v) is 17.1. The molecule has 1 aromatic carbocycles. The lowest BCUT2D eigenvalue weighted by Gasteiger charge is -2.32. The average Bonchev–Trinajstić information content (AvgIpc) is 2.79. The van der Waals surface area contributed by atoms with Crippen molar-refractivity contribution in [2.45, 2.75) is 19.4 Å². The van der Waals surface area contributed by atoms with Gasteiger partial charge in [-0.2, -0.15) is 0 Å². The Morgan fingerprint density at radius 1 is 1.17 bits per heavy atom. The lowest BCUT2D eigenvalue weighted by Crippen LogP contribution is -2.41. The number of aromatic nitrogens is 3. The summed E-state index contributed by atoms with van der Waals surface area (Å²) in [6.07, 6.45) is 3.48. The summed E-state index contributed by atoms with van der Waals surface area (Å²) in [7, 11) is 0. The Bertz CT molecular complexity index is 984. The Hall–Kier alpha value is -3.19. The average molecular weight is 424 g/mol. The molecule has 1 unspecified atom stereocenters. The van der Waals surface area contributed by atoms with Crippen molar-refractivity contribution in [3.8, 4) is 5.75 Å². The first kappa shape index (κ1) is 20.1. The molecule has 1 aliphatic rings. The topological polar surface area (TPSA) is 80.2 Å². The quantitative estimate of drug-likeness (QED) is 0.646. The Labute approximate surface area is 180 Å². The first-order chi connectivity index (χ1) is 14.7. The molecule has 30 heavy (non-hydrogen) atoms. The van der Waals surface area contributed by atoms with E-state index in [4.69, 9.17) is 16.3 Å². The maximum Gasteiger partial charge on any atom is 0.229 e. The SMILES string of the molecule is O=C(Nc1cccc(OCc2ccccn2)c1)C1CCCN(c2ccc(Cl)nn2)C1. The van der Waals surface area contributed by atoms with Crippen molar-refractivity contribution >= 4 is 29.0 Å². The maximum atomic E-state index is 12.8. The number of carbonyl (C=O) groups excluding carboxylic acids is 1. The lowest BCUT2D eigenvalue weighted by atomic mass is 9.97. The second-order valence-electron chi connectivity index (χ2n) is 7.13. The van der Waals surface area contributed by atoms with Gasteiger partial charge in [-0.05, 0) is 49.2 Å². The predicted octanol–water partition coefficient (Wildman–Crippen LogP) is 3.96. The van der Waals surface area contributed by atoms with Crippen LogP contribution in [0.25, 0.3) is 0 Å². The first-order valence-electron chi connectivity index (χ1n) is 9.85. The van der Waals surface area contributed by atoms with Crippen LogP contribution in [0.5, 0.6) is 5.75 Å². The van der Waals surface area contributed by atoms with Crippen molar-refractivity contribution in [1.82, 2.24) is 15.2 Å². The monoisotopic (exact) mass is 423 g/mol. The summed E-state index contributed by atoms with van der Waals surface area (Å²) in [6.45, 7) is 1.81. The van der Waals surface area contributed by atoms with Crippen molar-refractivity contribution in [2.24, 2.45) is 5.92 Å². The number of nitrogens with zero attached hydrogens (tertiary/aromatic N) is 4. The van der Waals surface area contributed by atoms with Gasteiger partial charge in [-0.25, -0.2) is 0 Å². The van der Waals surface area contributed by atoms with Gasteiger partial charge in [0.25, 0.3) is 0 Å². The third-order valence-electron chi connectivity index (χ3n) is 4.95. The zero-order valence-electron chi connectivity index (χ0n) is 16.4. The van der Waals surface area contributed by atoms with Crippen molar-refractivity contribution in [1.29, 1.82) is 0 Å². The number of pyridine rings is 1. The van der Waals surface area contributed by atoms with Gasteiger partial charge in [0.1, 0.15) is 12.4 Å². The fourth-order valence-corrected chi connectivity index (χ4v) is 3.53. The largest absolute Gasteiger partial charge is 0.487 e. The van der Waals surface area contributed by atoms with Gasteiger partial charge in [0.15, 0.2) is 11.0 Å². The molecule has 154 valence electrons. The number of ether oxygens (including phenoxy) is 1. The van der Waals surface area contributed by atoms with Crippen LogP contribution < -0.4 is 15.0 Å². The summed E-state index contributed by atoms with van der Waals surface area (Å²) in [5.41, 5.74) is 1.56. The molecule has 1 N–H and O–H groups in total. The van der Waals surface area contributed by atoms with Crippen LogP contribution in [-0.2, 0) is 11.4 Å². The number of carbonyl (C=O) groups is 1. The second-order valence-corrected chi connectivity index (χ2v) is 7.51. The highest BCUT2D eigenvalue weighted by Gasteiger charge is 2.26. The van der Waals surface area contributed by atoms with Crippen LogP contribution in [0.4, 0.5) is 11.5 Å². The fourth-order valence-electron chi connectivity index (χ4n) is 3.43. The Kier molecular flexibility index (Phi) is 6.39. The standard InChI is InChI=1S/C22H22ClN5O2/c23-20-9-10-21(27-26-20)28-12-4-5-16(14-28)22(29)25-17-7-3-8-19(13-17)30-15-18-6-1-2-11-24-18/h1-3,6-11,13,16H,4-5,12,14-15H2,(H,25,29). The van der Waals surface area contributed by atoms with E-state index >= 15 is 0 Å². The molecular weight excluding hydrogens is 402 g/mol. The van der Waals surface area contributed by atoms with Crippen molar-refractivity contribution in [3.63, 3.8) is 0 Å². The van der Waals surface area contributed by atoms with Gasteiger partial charge in [-0.15, -0.1) is 10.2 Å². The highest BCUT2D eigenvalue weighted by molar-refractivity contribution is 6.29. The summed E-state index contributed by atoms with van der Waals surface area (Å²) in [6, 6.07) is 16.6. The van der Waals surface area contributed by atoms with Crippen LogP contribution in [0.3, 0.4) is 0 Å². The molecule has 0 saturated carbocycles. The number of rotatable bonds is 6. The zero-order chi connectivity index (χ0) is 20.8. The number of piperidine rings is 1. The van der Waals surface area contributed by atoms with Gasteiger partial charge < -0.3 is 15.0 Å². The van der Waals surface area contributed by atoms with E-state index in [0.717, 1.165) is 30.9 Å². The second kappa shape index (κ2) is 9.54. The molecule has 1 aliphatic heterocycles. The van der Waals surface area contributed by atoms with Crippen LogP contribution in [-0.4, -0.2) is 34.2 Å². The molecule has 1 saturated heterocycles. The Morgan fingerprint density at radius 2 is 2.10 bits per heavy atom. The maximum absolute atomic E-state index is 12.8. The molecule has 2 aromatic heterocycles. The van der Waals surface area contributed by atoms with E-state index < -0.39 is 0 Å². The molecule has 0 spiro atoms. The Balaban J connectivity index is 1.35. The fraction of sp³-hybridized carbons (Fsp3) is 0.273. The molecule has 0 bridgehead atoms. The summed E-state index contributed by atoms with van der Waals surface area (Å²) < 4.78 is 5.80. The molecule has 0 radical (unpaired) electrons. The van der Waals surface area contributed by atoms with Crippen LogP contribution >= 0.6 is 11.6 Å². The third kappa shape index (κ3) is 5.24. The molecular formula is C22H22ClN5O2. The van der Waals surface area contributed by atoms with E-state index in [2.05, 4.69) is 25.4 Å². The van der Waals surface area contributed by atoms with Crippen LogP contribution in [0, 0.1) is 5.92 Å². The molecule has 3 heterocycles. The molecule has 8 heteroatoms. The normalized spacial score (nSPS) is 16.2. The first-order valence-corrected chi connectivity index (χ1v) is 10.2. The minimum absolute atomic E-state index is 0.0106. The van der Waals surface area contributed by atoms with E-state index in [-0.39, 0.29) is 11.8 Å². The van der Waals surface area contributed by atoms with Crippen LogP contribution in [0.1, 0.15) is 18.5 Å². The van der Waals surface area contributed by atoms with Crippen LogP contribution in [0.15, 0.2) is 60.8 Å². The molecule has 1 fully saturated rings. The van der Waals surface area contributed by atoms with E-state index in [1.165, 1.54) is 0 Å². The minimum Gasteiger partial charge on any atom is -0.487 e. The van der Waals surface area contributed by atoms with Crippen molar-refractivity contribution < 1.29 is 9.53 Å². The van der Waals surface area contributed by atoms with Crippen molar-refractivity contribution in [3.05, 3.63) is 71.6 Å². The number of hydrogen-bond acceptors (Lipinski definition) is 6. The number of benzene rings is 1. The smallest absolute Gasteiger partial charge is 0.229 e. The predicted molar refractivity (Wildman–Crippen MR) is 116 cm³/mol. The number of amides is 1. The number of anilines is 2. The van der Waals surface area contributed by atoms with Gasteiger partial charge in [0.05, 0.1) is 11.6 Å². The molecule has 3 aromatic rings. The number of halogens is 1. The molecule has 4 rings (SSSR count). The molecule has 0 aliphatic carbocycles. The summed E-state index contributed by atoms with van der Waals surface area (Å²) >= 11 is 5.82. The van der Waals surface area contributed by atoms with E-state index in [0.29, 0.717) is 29.7 Å². The van der Waals surface area contributed by atoms with Crippen molar-refractivity contribution in [2.75, 3.05) is 23.3 Å². The summed E-state index contributed by atoms with van der Waals surface area (Å²) in [5.74, 6) is 1.28. The highest BCUT2D eigenvalue weighted by atomic mass is 35.5. The summed E-state index contributed by atoms with van der Waals surface area (Å²) in [4.78, 5) is 19.2. The third-order valence-corrected chi connectivity index (χ3v) is 5.15. The Morgan fingerprint density at radius 3 is 2.90 bits per heavy atom. The minimum atomic E-state index is -0.130. The highest BCUT2D eigenvalue weighted by Crippen LogP contribution is 2.24. The molecule has 1 atom stereocenters. The van der Waals surface area contributed by atoms with Gasteiger partial charge in [0, 0.05) is 31.0 Å². The van der Waals surface area contributed by atoms with Gasteiger partial charge in [-0.3, -0.25) is 9.78 Å². The van der Waals surface area contributed by atoms with Crippen LogP contribution in [0.2, 0.25) is 5.15 Å². The number of nitrogens with one attached hydrogen (secondary N) is 1. The molecule has 1 amide bonds. The molecule has 7 nitrogen and oxygen atoms in total. The lowest BCUT2D eigenvalue weighted by molar-refractivity contribution is -0.120. The summed E-state index contributed by atoms with van der Waals surface area (Å²) in [5, 5.41) is 11.4. The van der Waals surface area contributed by atoms with E-state index in [9.17, 15) is 4.79 Å². The number of hydrogen-bond donors (Lipinski definition) is 1. The van der Waals surface area contributed by atoms with E-state index in [1.807, 2.05) is 48.5 Å². The van der Waals surface area contributed by atoms with Gasteiger partial charge in [0.2, 0.25) is 5.91 Å². The van der Waals surface area contributed by atoms with E-state index in [1.54, 1.807) is 12.3 Å². The van der Waals surface area contributed by atoms with Gasteiger partial charge >= 0.3 is 0 Å². The van der Waals surface area contributed by atoms with Gasteiger partial charge in [-0.1, -0.05) is 23.7 Å².